The fraction of sp³-hybridized carbons (Fsp3) is 0.857. The Labute approximate surface area is 125 Å². The predicted octanol–water partition coefficient (Wildman–Crippen LogP) is 0.823. The fourth-order valence-corrected chi connectivity index (χ4v) is 1.83. The number of rotatable bonds is 7. The lowest BCUT2D eigenvalue weighted by atomic mass is 10.2. The number of hydrogen-bond acceptors (Lipinski definition) is 6. The fourth-order valence-electron chi connectivity index (χ4n) is 1.83. The van der Waals surface area contributed by atoms with E-state index in [1.807, 2.05) is 0 Å². The van der Waals surface area contributed by atoms with Crippen molar-refractivity contribution in [2.45, 2.75) is 45.3 Å². The zero-order chi connectivity index (χ0) is 15.7. The van der Waals surface area contributed by atoms with Crippen molar-refractivity contribution in [3.05, 3.63) is 0 Å². The highest BCUT2D eigenvalue weighted by atomic mass is 16.6. The first-order valence-corrected chi connectivity index (χ1v) is 7.33. The summed E-state index contributed by atoms with van der Waals surface area (Å²) in [4.78, 5) is 22.9. The Hall–Kier alpha value is -1.34. The predicted molar refractivity (Wildman–Crippen MR) is 77.0 cm³/mol. The summed E-state index contributed by atoms with van der Waals surface area (Å²) >= 11 is 0. The van der Waals surface area contributed by atoms with Crippen LogP contribution in [0.1, 0.15) is 33.6 Å². The Morgan fingerprint density at radius 2 is 2.00 bits per heavy atom. The van der Waals surface area contributed by atoms with Crippen LogP contribution in [0.5, 0.6) is 0 Å². The average molecular weight is 302 g/mol. The van der Waals surface area contributed by atoms with Gasteiger partial charge in [-0.05, 0) is 40.2 Å². The molecule has 0 radical (unpaired) electrons. The maximum absolute atomic E-state index is 11.5. The molecular formula is C14H26N2O5. The van der Waals surface area contributed by atoms with Crippen molar-refractivity contribution >= 4 is 12.1 Å². The van der Waals surface area contributed by atoms with Gasteiger partial charge in [0.1, 0.15) is 18.2 Å². The number of ether oxygens (including phenoxy) is 3. The molecule has 21 heavy (non-hydrogen) atoms. The number of alkyl carbamates (subject to hydrolysis) is 1. The van der Waals surface area contributed by atoms with Crippen LogP contribution >= 0.6 is 0 Å². The molecule has 0 saturated carbocycles. The lowest BCUT2D eigenvalue weighted by Gasteiger charge is -2.19. The van der Waals surface area contributed by atoms with Crippen LogP contribution in [0.15, 0.2) is 0 Å². The molecule has 7 nitrogen and oxygen atoms in total. The van der Waals surface area contributed by atoms with Gasteiger partial charge in [0, 0.05) is 6.54 Å². The monoisotopic (exact) mass is 302 g/mol. The van der Waals surface area contributed by atoms with E-state index in [4.69, 9.17) is 14.2 Å². The van der Waals surface area contributed by atoms with Gasteiger partial charge in [-0.15, -0.1) is 0 Å². The minimum Gasteiger partial charge on any atom is -0.462 e. The van der Waals surface area contributed by atoms with Gasteiger partial charge < -0.3 is 24.8 Å². The molecule has 122 valence electrons. The Kier molecular flexibility index (Phi) is 7.45. The SMILES string of the molecule is CC(C)(C)OC(=O)NCCOCCOC(=O)[C@@H]1CCCN1. The van der Waals surface area contributed by atoms with Crippen LogP contribution in [0.3, 0.4) is 0 Å². The molecule has 1 fully saturated rings. The van der Waals surface area contributed by atoms with Gasteiger partial charge >= 0.3 is 12.1 Å². The van der Waals surface area contributed by atoms with Gasteiger partial charge in [0.25, 0.3) is 0 Å². The van der Waals surface area contributed by atoms with Crippen LogP contribution in [-0.4, -0.2) is 56.6 Å². The summed E-state index contributed by atoms with van der Waals surface area (Å²) in [5.74, 6) is -0.219. The van der Waals surface area contributed by atoms with E-state index in [9.17, 15) is 9.59 Å². The molecule has 0 aromatic rings. The molecule has 0 aromatic heterocycles. The molecule has 7 heteroatoms. The second-order valence-electron chi connectivity index (χ2n) is 5.86. The summed E-state index contributed by atoms with van der Waals surface area (Å²) < 4.78 is 15.4. The summed E-state index contributed by atoms with van der Waals surface area (Å²) in [6.07, 6.45) is 1.37. The Morgan fingerprint density at radius 1 is 1.24 bits per heavy atom. The van der Waals surface area contributed by atoms with Crippen molar-refractivity contribution in [1.29, 1.82) is 0 Å². The van der Waals surface area contributed by atoms with Crippen molar-refractivity contribution in [2.24, 2.45) is 0 Å². The van der Waals surface area contributed by atoms with Gasteiger partial charge in [0.05, 0.1) is 13.2 Å². The summed E-state index contributed by atoms with van der Waals surface area (Å²) in [5.41, 5.74) is -0.507. The summed E-state index contributed by atoms with van der Waals surface area (Å²) in [7, 11) is 0. The summed E-state index contributed by atoms with van der Waals surface area (Å²) in [6.45, 7) is 7.51. The topological polar surface area (TPSA) is 85.9 Å². The first-order chi connectivity index (χ1) is 9.88. The first kappa shape index (κ1) is 17.7. The van der Waals surface area contributed by atoms with Crippen molar-refractivity contribution in [2.75, 3.05) is 32.9 Å². The van der Waals surface area contributed by atoms with Crippen molar-refractivity contribution in [3.63, 3.8) is 0 Å². The van der Waals surface area contributed by atoms with Crippen molar-refractivity contribution < 1.29 is 23.8 Å². The lowest BCUT2D eigenvalue weighted by molar-refractivity contribution is -0.147. The molecule has 2 N–H and O–H groups in total. The molecule has 1 saturated heterocycles. The molecule has 1 atom stereocenters. The molecule has 0 bridgehead atoms. The number of carbonyl (C=O) groups excluding carboxylic acids is 2. The molecular weight excluding hydrogens is 276 g/mol. The number of amides is 1. The van der Waals surface area contributed by atoms with E-state index in [1.54, 1.807) is 20.8 Å². The highest BCUT2D eigenvalue weighted by Gasteiger charge is 2.23. The number of nitrogens with one attached hydrogen (secondary N) is 2. The van der Waals surface area contributed by atoms with Gasteiger partial charge in [-0.3, -0.25) is 4.79 Å². The molecule has 0 aliphatic carbocycles. The van der Waals surface area contributed by atoms with Crippen LogP contribution in [0.2, 0.25) is 0 Å². The lowest BCUT2D eigenvalue weighted by Crippen LogP contribution is -2.34. The van der Waals surface area contributed by atoms with E-state index in [0.717, 1.165) is 19.4 Å². The van der Waals surface area contributed by atoms with Gasteiger partial charge in [0.15, 0.2) is 0 Å². The maximum atomic E-state index is 11.5. The minimum atomic E-state index is -0.507. The van der Waals surface area contributed by atoms with Gasteiger partial charge in [-0.25, -0.2) is 4.79 Å². The van der Waals surface area contributed by atoms with E-state index >= 15 is 0 Å². The Bertz CT molecular complexity index is 335. The molecule has 1 heterocycles. The van der Waals surface area contributed by atoms with Gasteiger partial charge in [-0.1, -0.05) is 0 Å². The highest BCUT2D eigenvalue weighted by molar-refractivity contribution is 5.76. The van der Waals surface area contributed by atoms with E-state index < -0.39 is 11.7 Å². The molecule has 1 aliphatic rings. The van der Waals surface area contributed by atoms with Gasteiger partial charge in [0.2, 0.25) is 0 Å². The van der Waals surface area contributed by atoms with E-state index in [-0.39, 0.29) is 18.6 Å². The minimum absolute atomic E-state index is 0.168. The molecule has 0 unspecified atom stereocenters. The third-order valence-electron chi connectivity index (χ3n) is 2.73. The van der Waals surface area contributed by atoms with Gasteiger partial charge in [-0.2, -0.15) is 0 Å². The number of esters is 1. The van der Waals surface area contributed by atoms with Crippen molar-refractivity contribution in [1.82, 2.24) is 10.6 Å². The third kappa shape index (κ3) is 8.52. The highest BCUT2D eigenvalue weighted by Crippen LogP contribution is 2.06. The second kappa shape index (κ2) is 8.84. The Morgan fingerprint density at radius 3 is 2.62 bits per heavy atom. The molecule has 1 aliphatic heterocycles. The Balaban J connectivity index is 1.92. The smallest absolute Gasteiger partial charge is 0.407 e. The van der Waals surface area contributed by atoms with Crippen LogP contribution in [-0.2, 0) is 19.0 Å². The zero-order valence-electron chi connectivity index (χ0n) is 13.1. The number of hydrogen-bond donors (Lipinski definition) is 2. The van der Waals surface area contributed by atoms with Crippen LogP contribution in [0.25, 0.3) is 0 Å². The van der Waals surface area contributed by atoms with E-state index in [0.29, 0.717) is 19.8 Å². The molecule has 0 aromatic carbocycles. The van der Waals surface area contributed by atoms with Crippen molar-refractivity contribution in [3.8, 4) is 0 Å². The van der Waals surface area contributed by atoms with Crippen LogP contribution in [0.4, 0.5) is 4.79 Å². The maximum Gasteiger partial charge on any atom is 0.407 e. The van der Waals surface area contributed by atoms with Crippen LogP contribution < -0.4 is 10.6 Å². The molecule has 1 amide bonds. The normalized spacial score (nSPS) is 18.3. The molecule has 1 rings (SSSR count). The summed E-state index contributed by atoms with van der Waals surface area (Å²) in [5, 5.41) is 5.65. The zero-order valence-corrected chi connectivity index (χ0v) is 13.1. The summed E-state index contributed by atoms with van der Waals surface area (Å²) in [6, 6.07) is -0.168. The first-order valence-electron chi connectivity index (χ1n) is 7.33. The quantitative estimate of drug-likeness (QED) is 0.535. The van der Waals surface area contributed by atoms with Crippen LogP contribution in [0, 0.1) is 0 Å². The number of carbonyl (C=O) groups is 2. The second-order valence-corrected chi connectivity index (χ2v) is 5.86. The standard InChI is InChI=1S/C14H26N2O5/c1-14(2,3)21-13(18)16-7-8-19-9-10-20-12(17)11-5-4-6-15-11/h11,15H,4-10H2,1-3H3,(H,16,18)/t11-/m0/s1. The largest absolute Gasteiger partial charge is 0.462 e. The van der Waals surface area contributed by atoms with E-state index in [2.05, 4.69) is 10.6 Å². The van der Waals surface area contributed by atoms with E-state index in [1.165, 1.54) is 0 Å². The molecule has 0 spiro atoms. The average Bonchev–Trinajstić information content (AvgIpc) is 2.89. The third-order valence-corrected chi connectivity index (χ3v) is 2.73.